The summed E-state index contributed by atoms with van der Waals surface area (Å²) in [7, 11) is 0. The van der Waals surface area contributed by atoms with E-state index in [4.69, 9.17) is 12.2 Å². The molecule has 14 heavy (non-hydrogen) atoms. The van der Waals surface area contributed by atoms with Crippen LogP contribution in [0.15, 0.2) is 18.3 Å². The number of hydrogen-bond donors (Lipinski definition) is 1. The maximum atomic E-state index is 12.5. The summed E-state index contributed by atoms with van der Waals surface area (Å²) < 4.78 is 12.5. The second kappa shape index (κ2) is 5.36. The summed E-state index contributed by atoms with van der Waals surface area (Å²) in [4.78, 5) is 3.91. The highest BCUT2D eigenvalue weighted by Gasteiger charge is 2.06. The van der Waals surface area contributed by atoms with Gasteiger partial charge in [0.05, 0.1) is 11.9 Å². The van der Waals surface area contributed by atoms with E-state index in [1.807, 2.05) is 0 Å². The third-order valence-electron chi connectivity index (χ3n) is 1.97. The number of halogens is 1. The van der Waals surface area contributed by atoms with Crippen LogP contribution in [0, 0.1) is 18.2 Å². The van der Waals surface area contributed by atoms with Crippen molar-refractivity contribution in [2.75, 3.05) is 0 Å². The Labute approximate surface area is 83.3 Å². The first-order chi connectivity index (χ1) is 6.74. The summed E-state index contributed by atoms with van der Waals surface area (Å²) >= 11 is 0. The first-order valence-corrected chi connectivity index (χ1v) is 4.54. The predicted octanol–water partition coefficient (Wildman–Crippen LogP) is 2.02. The highest BCUT2D eigenvalue weighted by Crippen LogP contribution is 2.14. The molecule has 1 atom stereocenters. The summed E-state index contributed by atoms with van der Waals surface area (Å²) in [6.07, 6.45) is 8.66. The summed E-state index contributed by atoms with van der Waals surface area (Å²) in [5.74, 6) is 2.20. The Balaban J connectivity index is 2.48. The number of unbranched alkanes of at least 4 members (excludes halogenated alkanes) is 1. The van der Waals surface area contributed by atoms with Gasteiger partial charge < -0.3 is 5.73 Å². The fraction of sp³-hybridized carbons (Fsp3) is 0.364. The molecule has 1 heterocycles. The summed E-state index contributed by atoms with van der Waals surface area (Å²) in [5, 5.41) is 0. The van der Waals surface area contributed by atoms with Crippen LogP contribution < -0.4 is 5.73 Å². The van der Waals surface area contributed by atoms with Crippen molar-refractivity contribution in [2.24, 2.45) is 5.73 Å². The minimum Gasteiger partial charge on any atom is -0.323 e. The second-order valence-electron chi connectivity index (χ2n) is 3.10. The number of rotatable bonds is 4. The molecular formula is C11H13FN2. The van der Waals surface area contributed by atoms with E-state index in [1.54, 1.807) is 6.07 Å². The van der Waals surface area contributed by atoms with Crippen molar-refractivity contribution in [2.45, 2.75) is 25.3 Å². The first kappa shape index (κ1) is 10.7. The maximum absolute atomic E-state index is 12.5. The van der Waals surface area contributed by atoms with Crippen molar-refractivity contribution < 1.29 is 4.39 Å². The molecule has 0 bridgehead atoms. The van der Waals surface area contributed by atoms with Crippen molar-refractivity contribution in [3.8, 4) is 12.3 Å². The topological polar surface area (TPSA) is 38.9 Å². The van der Waals surface area contributed by atoms with Gasteiger partial charge in [0.15, 0.2) is 0 Å². The van der Waals surface area contributed by atoms with Gasteiger partial charge in [-0.2, -0.15) is 0 Å². The molecule has 0 radical (unpaired) electrons. The van der Waals surface area contributed by atoms with E-state index in [9.17, 15) is 4.39 Å². The molecule has 0 saturated heterocycles. The molecule has 0 fully saturated rings. The molecule has 0 saturated carbocycles. The molecule has 2 N–H and O–H groups in total. The van der Waals surface area contributed by atoms with Gasteiger partial charge in [0.1, 0.15) is 5.82 Å². The molecule has 2 nitrogen and oxygen atoms in total. The van der Waals surface area contributed by atoms with Gasteiger partial charge in [-0.25, -0.2) is 4.39 Å². The van der Waals surface area contributed by atoms with Gasteiger partial charge >= 0.3 is 0 Å². The smallest absolute Gasteiger partial charge is 0.141 e. The highest BCUT2D eigenvalue weighted by atomic mass is 19.1. The highest BCUT2D eigenvalue weighted by molar-refractivity contribution is 5.09. The quantitative estimate of drug-likeness (QED) is 0.585. The summed E-state index contributed by atoms with van der Waals surface area (Å²) in [6, 6.07) is 2.82. The van der Waals surface area contributed by atoms with Crippen molar-refractivity contribution >= 4 is 0 Å². The Morgan fingerprint density at radius 2 is 2.36 bits per heavy atom. The maximum Gasteiger partial charge on any atom is 0.141 e. The van der Waals surface area contributed by atoms with E-state index < -0.39 is 0 Å². The number of pyridine rings is 1. The van der Waals surface area contributed by atoms with Crippen molar-refractivity contribution in [3.63, 3.8) is 0 Å². The molecule has 1 rings (SSSR count). The fourth-order valence-electron chi connectivity index (χ4n) is 1.18. The van der Waals surface area contributed by atoms with E-state index in [-0.39, 0.29) is 11.9 Å². The Kier molecular flexibility index (Phi) is 4.09. The number of terminal acetylenes is 1. The average Bonchev–Trinajstić information content (AvgIpc) is 2.19. The lowest BCUT2D eigenvalue weighted by Gasteiger charge is -2.09. The van der Waals surface area contributed by atoms with E-state index in [2.05, 4.69) is 10.9 Å². The molecule has 1 aromatic heterocycles. The van der Waals surface area contributed by atoms with Gasteiger partial charge in [-0.1, -0.05) is 0 Å². The molecule has 1 unspecified atom stereocenters. The molecule has 0 aliphatic carbocycles. The van der Waals surface area contributed by atoms with Gasteiger partial charge in [-0.3, -0.25) is 4.98 Å². The van der Waals surface area contributed by atoms with Crippen LogP contribution in [0.3, 0.4) is 0 Å². The largest absolute Gasteiger partial charge is 0.323 e. The van der Waals surface area contributed by atoms with Crippen LogP contribution in [-0.2, 0) is 0 Å². The van der Waals surface area contributed by atoms with Crippen molar-refractivity contribution in [3.05, 3.63) is 29.8 Å². The lowest BCUT2D eigenvalue weighted by molar-refractivity contribution is 0.589. The minimum atomic E-state index is -0.343. The monoisotopic (exact) mass is 192 g/mol. The van der Waals surface area contributed by atoms with Crippen LogP contribution in [0.2, 0.25) is 0 Å². The zero-order chi connectivity index (χ0) is 10.4. The zero-order valence-electron chi connectivity index (χ0n) is 7.91. The standard InChI is InChI=1S/C11H13FN2/c1-2-3-4-5-10(13)11-7-6-9(12)8-14-11/h1,6-8,10H,3-5,13H2. The number of nitrogens with two attached hydrogens (primary N) is 1. The summed E-state index contributed by atoms with van der Waals surface area (Å²) in [6.45, 7) is 0. The second-order valence-corrected chi connectivity index (χ2v) is 3.10. The number of hydrogen-bond acceptors (Lipinski definition) is 2. The molecule has 0 aliphatic rings. The fourth-order valence-corrected chi connectivity index (χ4v) is 1.18. The van der Waals surface area contributed by atoms with Crippen LogP contribution in [0.4, 0.5) is 4.39 Å². The Bertz CT molecular complexity index is 313. The Morgan fingerprint density at radius 3 is 2.93 bits per heavy atom. The van der Waals surface area contributed by atoms with Gasteiger partial charge in [0, 0.05) is 12.5 Å². The lowest BCUT2D eigenvalue weighted by Crippen LogP contribution is -2.11. The molecule has 0 aromatic carbocycles. The van der Waals surface area contributed by atoms with Gasteiger partial charge in [0.25, 0.3) is 0 Å². The van der Waals surface area contributed by atoms with Gasteiger partial charge in [-0.05, 0) is 25.0 Å². The minimum absolute atomic E-state index is 0.149. The predicted molar refractivity (Wildman–Crippen MR) is 53.8 cm³/mol. The van der Waals surface area contributed by atoms with Crippen LogP contribution in [0.25, 0.3) is 0 Å². The van der Waals surface area contributed by atoms with E-state index in [0.717, 1.165) is 19.3 Å². The number of aromatic nitrogens is 1. The van der Waals surface area contributed by atoms with Crippen LogP contribution >= 0.6 is 0 Å². The first-order valence-electron chi connectivity index (χ1n) is 4.54. The van der Waals surface area contributed by atoms with Crippen molar-refractivity contribution in [1.82, 2.24) is 4.98 Å². The van der Waals surface area contributed by atoms with Crippen LogP contribution in [0.1, 0.15) is 31.0 Å². The normalized spacial score (nSPS) is 12.1. The van der Waals surface area contributed by atoms with Crippen LogP contribution in [-0.4, -0.2) is 4.98 Å². The third-order valence-corrected chi connectivity index (χ3v) is 1.97. The summed E-state index contributed by atoms with van der Waals surface area (Å²) in [5.41, 5.74) is 6.54. The van der Waals surface area contributed by atoms with E-state index in [0.29, 0.717) is 5.69 Å². The average molecular weight is 192 g/mol. The molecule has 74 valence electrons. The molecular weight excluding hydrogens is 179 g/mol. The SMILES string of the molecule is C#CCCCC(N)c1ccc(F)cn1. The molecule has 1 aromatic rings. The third kappa shape index (κ3) is 3.15. The zero-order valence-corrected chi connectivity index (χ0v) is 7.91. The van der Waals surface area contributed by atoms with Gasteiger partial charge in [-0.15, -0.1) is 12.3 Å². The van der Waals surface area contributed by atoms with E-state index in [1.165, 1.54) is 12.3 Å². The molecule has 0 spiro atoms. The number of nitrogens with zero attached hydrogens (tertiary/aromatic N) is 1. The Morgan fingerprint density at radius 1 is 1.57 bits per heavy atom. The van der Waals surface area contributed by atoms with Crippen LogP contribution in [0.5, 0.6) is 0 Å². The molecule has 0 aliphatic heterocycles. The lowest BCUT2D eigenvalue weighted by atomic mass is 10.1. The Hall–Kier alpha value is -1.40. The molecule has 0 amide bonds. The van der Waals surface area contributed by atoms with Gasteiger partial charge in [0.2, 0.25) is 0 Å². The van der Waals surface area contributed by atoms with Crippen molar-refractivity contribution in [1.29, 1.82) is 0 Å². The molecule has 3 heteroatoms. The van der Waals surface area contributed by atoms with E-state index >= 15 is 0 Å².